The maximum absolute atomic E-state index is 12.2. The normalized spacial score (nSPS) is 38.4. The van der Waals surface area contributed by atoms with Gasteiger partial charge in [0.1, 0.15) is 42.7 Å². The van der Waals surface area contributed by atoms with E-state index in [-0.39, 0.29) is 0 Å². The van der Waals surface area contributed by atoms with Crippen LogP contribution >= 0.6 is 15.6 Å². The second-order valence-electron chi connectivity index (χ2n) is 7.68. The van der Waals surface area contributed by atoms with E-state index in [0.29, 0.717) is 0 Å². The van der Waals surface area contributed by atoms with Crippen molar-refractivity contribution in [2.75, 3.05) is 13.2 Å². The molecule has 0 aliphatic carbocycles. The lowest BCUT2D eigenvalue weighted by molar-refractivity contribution is -0.280. The van der Waals surface area contributed by atoms with Crippen LogP contribution in [0.2, 0.25) is 0 Å². The molecule has 11 atom stereocenters. The number of aliphatic hydroxyl groups excluding tert-OH is 6. The van der Waals surface area contributed by atoms with Crippen molar-refractivity contribution < 1.29 is 72.4 Å². The second kappa shape index (κ2) is 11.2. The molecule has 3 heterocycles. The molecule has 206 valence electrons. The predicted octanol–water partition coefficient (Wildman–Crippen LogP) is -4.79. The minimum atomic E-state index is -5.59. The molecule has 36 heavy (non-hydrogen) atoms. The van der Waals surface area contributed by atoms with Crippen LogP contribution in [-0.4, -0.2) is 112 Å². The van der Waals surface area contributed by atoms with Crippen LogP contribution in [0.15, 0.2) is 21.9 Å². The van der Waals surface area contributed by atoms with Gasteiger partial charge in [-0.3, -0.25) is 23.4 Å². The molecule has 2 saturated heterocycles. The van der Waals surface area contributed by atoms with Gasteiger partial charge in [0.05, 0.1) is 13.2 Å². The molecular formula is C15H24N2O17P2. The van der Waals surface area contributed by atoms with Crippen LogP contribution in [0.5, 0.6) is 0 Å². The summed E-state index contributed by atoms with van der Waals surface area (Å²) in [5, 5.41) is 58.6. The molecule has 2 fully saturated rings. The van der Waals surface area contributed by atoms with Crippen LogP contribution in [-0.2, 0) is 32.0 Å². The smallest absolute Gasteiger partial charge is 0.394 e. The molecule has 1 aromatic heterocycles. The van der Waals surface area contributed by atoms with Gasteiger partial charge in [-0.05, 0) is 0 Å². The van der Waals surface area contributed by atoms with Crippen molar-refractivity contribution in [3.05, 3.63) is 33.1 Å². The van der Waals surface area contributed by atoms with Crippen LogP contribution in [0.1, 0.15) is 6.23 Å². The first-order valence-electron chi connectivity index (χ1n) is 9.99. The lowest BCUT2D eigenvalue weighted by atomic mass is 10.00. The van der Waals surface area contributed by atoms with Gasteiger partial charge in [0.25, 0.3) is 5.56 Å². The minimum absolute atomic E-state index is 0.723. The summed E-state index contributed by atoms with van der Waals surface area (Å²) in [7, 11) is -11.1. The number of hydrogen-bond acceptors (Lipinski definition) is 15. The van der Waals surface area contributed by atoms with E-state index >= 15 is 0 Å². The number of hydrogen-bond donors (Lipinski definition) is 9. The number of H-pyrrole nitrogens is 1. The summed E-state index contributed by atoms with van der Waals surface area (Å²) in [6.07, 6.45) is -15.4. The lowest BCUT2D eigenvalue weighted by Crippen LogP contribution is -2.58. The Bertz CT molecular complexity index is 1120. The van der Waals surface area contributed by atoms with Crippen LogP contribution in [0.3, 0.4) is 0 Å². The summed E-state index contributed by atoms with van der Waals surface area (Å²) in [4.78, 5) is 44.5. The van der Waals surface area contributed by atoms with E-state index in [0.717, 1.165) is 16.8 Å². The highest BCUT2D eigenvalue weighted by Crippen LogP contribution is 2.61. The Kier molecular flexibility index (Phi) is 9.05. The summed E-state index contributed by atoms with van der Waals surface area (Å²) >= 11 is 0. The molecule has 0 saturated carbocycles. The van der Waals surface area contributed by atoms with Crippen molar-refractivity contribution in [1.29, 1.82) is 0 Å². The van der Waals surface area contributed by atoms with Gasteiger partial charge in [-0.15, -0.1) is 0 Å². The van der Waals surface area contributed by atoms with Crippen LogP contribution in [0, 0.1) is 0 Å². The molecule has 0 radical (unpaired) electrons. The Hall–Kier alpha value is -1.38. The Morgan fingerprint density at radius 2 is 1.56 bits per heavy atom. The molecule has 0 aromatic carbocycles. The average Bonchev–Trinajstić information content (AvgIpc) is 3.06. The van der Waals surface area contributed by atoms with Crippen LogP contribution in [0.25, 0.3) is 0 Å². The number of aliphatic hydroxyl groups is 6. The van der Waals surface area contributed by atoms with E-state index in [1.165, 1.54) is 0 Å². The maximum atomic E-state index is 12.2. The Morgan fingerprint density at radius 1 is 0.917 bits per heavy atom. The highest BCUT2D eigenvalue weighted by Gasteiger charge is 2.49. The third-order valence-electron chi connectivity index (χ3n) is 5.16. The van der Waals surface area contributed by atoms with Crippen molar-refractivity contribution in [2.45, 2.75) is 55.2 Å². The molecule has 11 unspecified atom stereocenters. The Labute approximate surface area is 199 Å². The zero-order valence-corrected chi connectivity index (χ0v) is 19.6. The molecule has 2 aliphatic rings. The maximum Gasteiger partial charge on any atom is 0.483 e. The van der Waals surface area contributed by atoms with E-state index < -0.39 is 95.4 Å². The predicted molar refractivity (Wildman–Crippen MR) is 109 cm³/mol. The van der Waals surface area contributed by atoms with Crippen LogP contribution in [0.4, 0.5) is 0 Å². The first-order valence-corrected chi connectivity index (χ1v) is 13.0. The summed E-state index contributed by atoms with van der Waals surface area (Å²) in [6, 6.07) is 0.928. The van der Waals surface area contributed by atoms with Gasteiger partial charge >= 0.3 is 21.3 Å². The fourth-order valence-corrected chi connectivity index (χ4v) is 5.51. The summed E-state index contributed by atoms with van der Waals surface area (Å²) in [6.45, 7) is -1.93. The van der Waals surface area contributed by atoms with E-state index in [2.05, 4.69) is 13.4 Å². The summed E-state index contributed by atoms with van der Waals surface area (Å²) in [5.41, 5.74) is -1.75. The number of phosphoric acid groups is 2. The largest absolute Gasteiger partial charge is 0.483 e. The van der Waals surface area contributed by atoms with Crippen molar-refractivity contribution in [1.82, 2.24) is 9.55 Å². The zero-order valence-electron chi connectivity index (χ0n) is 17.9. The first kappa shape index (κ1) is 29.2. The van der Waals surface area contributed by atoms with Crippen LogP contribution < -0.4 is 11.2 Å². The van der Waals surface area contributed by atoms with E-state index in [4.69, 9.17) is 14.6 Å². The van der Waals surface area contributed by atoms with E-state index in [1.54, 1.807) is 0 Å². The number of nitrogens with zero attached hydrogens (tertiary/aromatic N) is 1. The standard InChI is InChI=1S/C15H24N2O17P2/c18-3-5-8(20)10(22)12(24)14(32-5)33-36(28,29)34-35(26,27)30-4-6-9(21)11(23)13(31-6)17-2-1-7(19)16-15(17)25/h1-2,5-6,8-14,18,20-24H,3-4H2,(H,26,27)(H,28,29)(H,16,19,25). The fraction of sp³-hybridized carbons (Fsp3) is 0.733. The molecule has 21 heteroatoms. The molecule has 0 amide bonds. The molecule has 2 aliphatic heterocycles. The van der Waals surface area contributed by atoms with E-state index in [9.17, 15) is 54.0 Å². The number of ether oxygens (including phenoxy) is 2. The molecular weight excluding hydrogens is 542 g/mol. The van der Waals surface area contributed by atoms with Gasteiger partial charge in [-0.25, -0.2) is 13.9 Å². The zero-order chi connectivity index (χ0) is 27.0. The number of nitrogens with one attached hydrogen (secondary N) is 1. The SMILES string of the molecule is O=c1ccn(C2OC(COP(=O)(O)OP(=O)(O)OC3OC(CO)C(O)C(O)C3O)C(O)C2O)c(=O)[nH]1. The third kappa shape index (κ3) is 6.54. The van der Waals surface area contributed by atoms with Gasteiger partial charge in [0, 0.05) is 12.3 Å². The van der Waals surface area contributed by atoms with Gasteiger partial charge in [0.2, 0.25) is 0 Å². The lowest BCUT2D eigenvalue weighted by Gasteiger charge is -2.39. The van der Waals surface area contributed by atoms with Crippen molar-refractivity contribution >= 4 is 15.6 Å². The number of phosphoric ester groups is 2. The highest BCUT2D eigenvalue weighted by molar-refractivity contribution is 7.61. The van der Waals surface area contributed by atoms with Crippen molar-refractivity contribution in [3.63, 3.8) is 0 Å². The first-order chi connectivity index (χ1) is 16.7. The molecule has 0 bridgehead atoms. The quantitative estimate of drug-likeness (QED) is 0.127. The molecule has 19 nitrogen and oxygen atoms in total. The number of rotatable bonds is 9. The van der Waals surface area contributed by atoms with Gasteiger partial charge in [-0.1, -0.05) is 0 Å². The molecule has 9 N–H and O–H groups in total. The average molecular weight is 566 g/mol. The fourth-order valence-electron chi connectivity index (χ4n) is 3.35. The summed E-state index contributed by atoms with van der Waals surface area (Å²) < 4.78 is 48.1. The number of aromatic amines is 1. The Morgan fingerprint density at radius 3 is 2.17 bits per heavy atom. The Balaban J connectivity index is 1.61. The van der Waals surface area contributed by atoms with Gasteiger partial charge in [0.15, 0.2) is 12.5 Å². The second-order valence-corrected chi connectivity index (χ2v) is 10.7. The van der Waals surface area contributed by atoms with Gasteiger partial charge in [-0.2, -0.15) is 4.31 Å². The van der Waals surface area contributed by atoms with Crippen molar-refractivity contribution in [3.8, 4) is 0 Å². The summed E-state index contributed by atoms with van der Waals surface area (Å²) in [5.74, 6) is 0. The molecule has 0 spiro atoms. The minimum Gasteiger partial charge on any atom is -0.394 e. The molecule has 3 rings (SSSR count). The third-order valence-corrected chi connectivity index (χ3v) is 7.76. The molecule has 1 aromatic rings. The highest BCUT2D eigenvalue weighted by atomic mass is 31.3. The monoisotopic (exact) mass is 566 g/mol. The van der Waals surface area contributed by atoms with Gasteiger partial charge < -0.3 is 49.9 Å². The van der Waals surface area contributed by atoms with E-state index in [1.807, 2.05) is 4.98 Å². The topological polar surface area (TPSA) is 297 Å². The van der Waals surface area contributed by atoms with Crippen molar-refractivity contribution in [2.24, 2.45) is 0 Å². The number of aromatic nitrogens is 2.